The minimum absolute atomic E-state index is 0.0446. The minimum atomic E-state index is -0.528. The summed E-state index contributed by atoms with van der Waals surface area (Å²) in [6, 6.07) is 3.11. The number of anilines is 1. The van der Waals surface area contributed by atoms with Crippen molar-refractivity contribution in [3.8, 4) is 5.75 Å². The zero-order valence-electron chi connectivity index (χ0n) is 11.0. The molecular formula is C13H13ClFN3OS. The van der Waals surface area contributed by atoms with Gasteiger partial charge in [-0.05, 0) is 26.0 Å². The van der Waals surface area contributed by atoms with E-state index in [0.717, 1.165) is 5.69 Å². The molecule has 1 aromatic heterocycles. The minimum Gasteiger partial charge on any atom is -0.489 e. The van der Waals surface area contributed by atoms with Gasteiger partial charge in [-0.25, -0.2) is 9.37 Å². The number of halogens is 2. The third kappa shape index (κ3) is 3.46. The number of nitrogens with one attached hydrogen (secondary N) is 1. The molecule has 0 aliphatic heterocycles. The number of aromatic nitrogens is 1. The molecule has 106 valence electrons. The summed E-state index contributed by atoms with van der Waals surface area (Å²) in [5.74, 6) is -0.483. The number of ether oxygens (including phenoxy) is 1. The molecule has 0 unspecified atom stereocenters. The summed E-state index contributed by atoms with van der Waals surface area (Å²) < 4.78 is 19.3. The van der Waals surface area contributed by atoms with Crippen molar-refractivity contribution in [2.24, 2.45) is 5.10 Å². The summed E-state index contributed by atoms with van der Waals surface area (Å²) in [6.07, 6.45) is 1.37. The first-order valence-corrected chi connectivity index (χ1v) is 7.19. The molecule has 20 heavy (non-hydrogen) atoms. The molecule has 0 saturated heterocycles. The number of hydrogen-bond donors (Lipinski definition) is 1. The molecule has 4 nitrogen and oxygen atoms in total. The Balaban J connectivity index is 2.14. The van der Waals surface area contributed by atoms with Crippen molar-refractivity contribution in [2.75, 3.05) is 12.0 Å². The van der Waals surface area contributed by atoms with E-state index in [2.05, 4.69) is 15.5 Å². The van der Waals surface area contributed by atoms with Crippen molar-refractivity contribution >= 4 is 34.3 Å². The molecule has 0 aliphatic rings. The highest BCUT2D eigenvalue weighted by molar-refractivity contribution is 7.13. The van der Waals surface area contributed by atoms with Gasteiger partial charge in [0, 0.05) is 10.9 Å². The lowest BCUT2D eigenvalue weighted by Gasteiger charge is -2.08. The first-order chi connectivity index (χ1) is 9.61. The summed E-state index contributed by atoms with van der Waals surface area (Å²) in [7, 11) is 0. The zero-order valence-corrected chi connectivity index (χ0v) is 12.6. The summed E-state index contributed by atoms with van der Waals surface area (Å²) in [4.78, 5) is 4.18. The van der Waals surface area contributed by atoms with Gasteiger partial charge in [-0.1, -0.05) is 11.6 Å². The highest BCUT2D eigenvalue weighted by Gasteiger charge is 2.12. The summed E-state index contributed by atoms with van der Waals surface area (Å²) in [6.45, 7) is 4.00. The molecule has 1 aromatic carbocycles. The topological polar surface area (TPSA) is 46.5 Å². The Morgan fingerprint density at radius 2 is 2.35 bits per heavy atom. The lowest BCUT2D eigenvalue weighted by Crippen LogP contribution is -2.00. The van der Waals surface area contributed by atoms with Crippen LogP contribution in [-0.2, 0) is 0 Å². The Labute approximate surface area is 125 Å². The van der Waals surface area contributed by atoms with Crippen LogP contribution in [0.4, 0.5) is 9.52 Å². The normalized spacial score (nSPS) is 11.0. The Bertz CT molecular complexity index is 630. The Hall–Kier alpha value is -1.66. The highest BCUT2D eigenvalue weighted by Crippen LogP contribution is 2.29. The van der Waals surface area contributed by atoms with Gasteiger partial charge in [0.25, 0.3) is 0 Å². The maximum Gasteiger partial charge on any atom is 0.203 e. The van der Waals surface area contributed by atoms with E-state index < -0.39 is 5.82 Å². The van der Waals surface area contributed by atoms with Crippen LogP contribution in [-0.4, -0.2) is 17.8 Å². The fraction of sp³-hybridized carbons (Fsp3) is 0.231. The van der Waals surface area contributed by atoms with Crippen molar-refractivity contribution in [3.05, 3.63) is 39.6 Å². The zero-order chi connectivity index (χ0) is 14.5. The van der Waals surface area contributed by atoms with Gasteiger partial charge in [0.05, 0.1) is 23.5 Å². The number of aryl methyl sites for hydroxylation is 1. The molecule has 0 saturated carbocycles. The van der Waals surface area contributed by atoms with Crippen molar-refractivity contribution in [2.45, 2.75) is 13.8 Å². The van der Waals surface area contributed by atoms with Crippen LogP contribution < -0.4 is 10.2 Å². The quantitative estimate of drug-likeness (QED) is 0.668. The van der Waals surface area contributed by atoms with E-state index in [1.54, 1.807) is 19.1 Å². The second-order valence-electron chi connectivity index (χ2n) is 3.88. The van der Waals surface area contributed by atoms with Crippen LogP contribution in [0.3, 0.4) is 0 Å². The number of rotatable bonds is 5. The maximum absolute atomic E-state index is 14.1. The van der Waals surface area contributed by atoms with Crippen LogP contribution in [0, 0.1) is 12.7 Å². The van der Waals surface area contributed by atoms with Gasteiger partial charge in [0.15, 0.2) is 11.6 Å². The molecule has 0 radical (unpaired) electrons. The van der Waals surface area contributed by atoms with E-state index in [4.69, 9.17) is 16.3 Å². The van der Waals surface area contributed by atoms with E-state index in [1.165, 1.54) is 17.6 Å². The van der Waals surface area contributed by atoms with Crippen molar-refractivity contribution in [3.63, 3.8) is 0 Å². The van der Waals surface area contributed by atoms with E-state index in [9.17, 15) is 4.39 Å². The summed E-state index contributed by atoms with van der Waals surface area (Å²) in [5.41, 5.74) is 3.94. The fourth-order valence-electron chi connectivity index (χ4n) is 1.49. The number of benzene rings is 1. The fourth-order valence-corrected chi connectivity index (χ4v) is 2.32. The van der Waals surface area contributed by atoms with E-state index in [-0.39, 0.29) is 10.8 Å². The van der Waals surface area contributed by atoms with Crippen molar-refractivity contribution in [1.82, 2.24) is 4.98 Å². The third-order valence-electron chi connectivity index (χ3n) is 2.35. The van der Waals surface area contributed by atoms with Crippen LogP contribution >= 0.6 is 22.9 Å². The molecule has 0 atom stereocenters. The van der Waals surface area contributed by atoms with Crippen LogP contribution in [0.1, 0.15) is 18.2 Å². The molecule has 2 aromatic rings. The second kappa shape index (κ2) is 6.67. The Morgan fingerprint density at radius 3 is 3.00 bits per heavy atom. The van der Waals surface area contributed by atoms with Crippen molar-refractivity contribution in [1.29, 1.82) is 0 Å². The van der Waals surface area contributed by atoms with Gasteiger partial charge < -0.3 is 4.74 Å². The molecule has 0 bridgehead atoms. The lowest BCUT2D eigenvalue weighted by molar-refractivity contribution is 0.321. The predicted molar refractivity (Wildman–Crippen MR) is 80.6 cm³/mol. The van der Waals surface area contributed by atoms with Gasteiger partial charge in [-0.2, -0.15) is 5.10 Å². The molecule has 1 heterocycles. The smallest absolute Gasteiger partial charge is 0.203 e. The highest BCUT2D eigenvalue weighted by atomic mass is 35.5. The van der Waals surface area contributed by atoms with Gasteiger partial charge >= 0.3 is 0 Å². The lowest BCUT2D eigenvalue weighted by atomic mass is 10.2. The summed E-state index contributed by atoms with van der Waals surface area (Å²) >= 11 is 7.31. The van der Waals surface area contributed by atoms with Crippen molar-refractivity contribution < 1.29 is 9.13 Å². The van der Waals surface area contributed by atoms with E-state index in [1.807, 2.05) is 12.3 Å². The van der Waals surface area contributed by atoms with Crippen LogP contribution in [0.2, 0.25) is 5.02 Å². The van der Waals surface area contributed by atoms with Crippen LogP contribution in [0.5, 0.6) is 5.75 Å². The average Bonchev–Trinajstić information content (AvgIpc) is 2.83. The number of nitrogens with zero attached hydrogens (tertiary/aromatic N) is 2. The summed E-state index contributed by atoms with van der Waals surface area (Å²) in [5, 5.41) is 6.74. The first kappa shape index (κ1) is 14.7. The third-order valence-corrected chi connectivity index (χ3v) is 3.51. The van der Waals surface area contributed by atoms with Gasteiger partial charge in [-0.15, -0.1) is 11.3 Å². The number of thiazole rings is 1. The molecule has 2 rings (SSSR count). The Morgan fingerprint density at radius 1 is 1.55 bits per heavy atom. The van der Waals surface area contributed by atoms with E-state index in [0.29, 0.717) is 17.3 Å². The molecule has 0 amide bonds. The molecular weight excluding hydrogens is 301 g/mol. The van der Waals surface area contributed by atoms with Crippen LogP contribution in [0.15, 0.2) is 22.6 Å². The largest absolute Gasteiger partial charge is 0.489 e. The maximum atomic E-state index is 14.1. The molecule has 7 heteroatoms. The monoisotopic (exact) mass is 313 g/mol. The molecule has 0 spiro atoms. The first-order valence-electron chi connectivity index (χ1n) is 5.93. The molecule has 1 N–H and O–H groups in total. The van der Waals surface area contributed by atoms with Gasteiger partial charge in [-0.3, -0.25) is 5.43 Å². The van der Waals surface area contributed by atoms with Crippen LogP contribution in [0.25, 0.3) is 0 Å². The SMILES string of the molecule is CCOc1c(Cl)ccc(C=NNc2nc(C)cs2)c1F. The average molecular weight is 314 g/mol. The molecule has 0 fully saturated rings. The van der Waals surface area contributed by atoms with Gasteiger partial charge in [0.2, 0.25) is 5.13 Å². The van der Waals surface area contributed by atoms with E-state index >= 15 is 0 Å². The molecule has 0 aliphatic carbocycles. The van der Waals surface area contributed by atoms with Gasteiger partial charge in [0.1, 0.15) is 0 Å². The second-order valence-corrected chi connectivity index (χ2v) is 5.14. The number of hydrazone groups is 1. The predicted octanol–water partition coefficient (Wildman–Crippen LogP) is 4.09. The Kier molecular flexibility index (Phi) is 4.92. The standard InChI is InChI=1S/C13H13ClFN3OS/c1-3-19-12-10(14)5-4-9(11(12)15)6-16-18-13-17-8(2)7-20-13/h4-7H,3H2,1-2H3,(H,17,18). The number of hydrogen-bond acceptors (Lipinski definition) is 5.